The zero-order chi connectivity index (χ0) is 22.1. The predicted octanol–water partition coefficient (Wildman–Crippen LogP) is 3.14. The van der Waals surface area contributed by atoms with E-state index in [4.69, 9.17) is 9.15 Å². The van der Waals surface area contributed by atoms with Gasteiger partial charge in [0, 0.05) is 12.6 Å². The molecule has 0 bridgehead atoms. The van der Waals surface area contributed by atoms with Crippen molar-refractivity contribution in [3.05, 3.63) is 89.9 Å². The quantitative estimate of drug-likeness (QED) is 0.472. The van der Waals surface area contributed by atoms with Gasteiger partial charge in [0.1, 0.15) is 11.5 Å². The highest BCUT2D eigenvalue weighted by molar-refractivity contribution is 7.89. The van der Waals surface area contributed by atoms with Crippen LogP contribution in [0.1, 0.15) is 16.9 Å². The number of amides is 1. The zero-order valence-corrected chi connectivity index (χ0v) is 17.9. The Kier molecular flexibility index (Phi) is 7.64. The first-order valence-electron chi connectivity index (χ1n) is 9.67. The van der Waals surface area contributed by atoms with Crippen LogP contribution in [0.15, 0.2) is 82.3 Å². The van der Waals surface area contributed by atoms with Crippen LogP contribution in [-0.4, -0.2) is 28.0 Å². The van der Waals surface area contributed by atoms with Gasteiger partial charge >= 0.3 is 0 Å². The van der Waals surface area contributed by atoms with Crippen LogP contribution < -0.4 is 14.8 Å². The molecule has 0 spiro atoms. The van der Waals surface area contributed by atoms with Gasteiger partial charge in [-0.2, -0.15) is 0 Å². The zero-order valence-electron chi connectivity index (χ0n) is 17.1. The summed E-state index contributed by atoms with van der Waals surface area (Å²) in [7, 11) is -2.03. The van der Waals surface area contributed by atoms with E-state index in [1.165, 1.54) is 24.5 Å². The normalized spacial score (nSPS) is 11.5. The topological polar surface area (TPSA) is 97.6 Å². The van der Waals surface area contributed by atoms with Crippen LogP contribution in [0.2, 0.25) is 0 Å². The van der Waals surface area contributed by atoms with E-state index in [0.717, 1.165) is 16.9 Å². The Morgan fingerprint density at radius 3 is 2.45 bits per heavy atom. The van der Waals surface area contributed by atoms with E-state index in [1.54, 1.807) is 37.5 Å². The maximum atomic E-state index is 12.3. The van der Waals surface area contributed by atoms with Crippen LogP contribution in [0.4, 0.5) is 0 Å². The highest BCUT2D eigenvalue weighted by Gasteiger charge is 2.13. The number of sulfonamides is 1. The fourth-order valence-corrected chi connectivity index (χ4v) is 3.77. The number of methoxy groups -OCH3 is 1. The monoisotopic (exact) mass is 440 g/mol. The molecule has 0 aliphatic rings. The lowest BCUT2D eigenvalue weighted by atomic mass is 10.1. The lowest BCUT2D eigenvalue weighted by molar-refractivity contribution is -0.116. The highest BCUT2D eigenvalue weighted by atomic mass is 32.2. The number of nitrogens with one attached hydrogen (secondary N) is 2. The van der Waals surface area contributed by atoms with Gasteiger partial charge in [-0.25, -0.2) is 13.1 Å². The third kappa shape index (κ3) is 6.84. The standard InChI is InChI=1S/C23H24N2O5S/c1-29-20-9-4-19(5-10-20)14-15-24-23(26)13-8-18-6-11-22(12-7-18)31(27,28)25-17-21-3-2-16-30-21/h2-13,16,25H,14-15,17H2,1H3,(H,24,26). The third-order valence-electron chi connectivity index (χ3n) is 4.51. The summed E-state index contributed by atoms with van der Waals surface area (Å²) in [4.78, 5) is 12.1. The molecule has 7 nitrogen and oxygen atoms in total. The van der Waals surface area contributed by atoms with Gasteiger partial charge in [-0.15, -0.1) is 0 Å². The van der Waals surface area contributed by atoms with Crippen molar-refractivity contribution in [2.75, 3.05) is 13.7 Å². The van der Waals surface area contributed by atoms with Crippen molar-refractivity contribution in [1.29, 1.82) is 0 Å². The first-order chi connectivity index (χ1) is 15.0. The van der Waals surface area contributed by atoms with E-state index < -0.39 is 10.0 Å². The molecule has 8 heteroatoms. The average molecular weight is 441 g/mol. The number of benzene rings is 2. The second kappa shape index (κ2) is 10.6. The summed E-state index contributed by atoms with van der Waals surface area (Å²) in [5, 5.41) is 2.82. The summed E-state index contributed by atoms with van der Waals surface area (Å²) in [6, 6.07) is 17.3. The Bertz CT molecular complexity index is 1100. The molecule has 1 amide bonds. The van der Waals surface area contributed by atoms with Crippen molar-refractivity contribution >= 4 is 22.0 Å². The molecular formula is C23H24N2O5S. The van der Waals surface area contributed by atoms with Crippen molar-refractivity contribution in [3.63, 3.8) is 0 Å². The van der Waals surface area contributed by atoms with E-state index >= 15 is 0 Å². The van der Waals surface area contributed by atoms with Gasteiger partial charge < -0.3 is 14.5 Å². The van der Waals surface area contributed by atoms with E-state index in [0.29, 0.717) is 18.7 Å². The highest BCUT2D eigenvalue weighted by Crippen LogP contribution is 2.13. The van der Waals surface area contributed by atoms with Crippen molar-refractivity contribution in [2.24, 2.45) is 0 Å². The summed E-state index contributed by atoms with van der Waals surface area (Å²) < 4.78 is 37.4. The van der Waals surface area contributed by atoms with Crippen molar-refractivity contribution < 1.29 is 22.4 Å². The maximum absolute atomic E-state index is 12.3. The van der Waals surface area contributed by atoms with Gasteiger partial charge in [0.15, 0.2) is 0 Å². The minimum absolute atomic E-state index is 0.0771. The van der Waals surface area contributed by atoms with Gasteiger partial charge in [0.25, 0.3) is 0 Å². The Labute approximate surface area is 181 Å². The van der Waals surface area contributed by atoms with Gasteiger partial charge in [0.2, 0.25) is 15.9 Å². The molecule has 0 fully saturated rings. The molecule has 0 saturated carbocycles. The Balaban J connectivity index is 1.47. The molecular weight excluding hydrogens is 416 g/mol. The lowest BCUT2D eigenvalue weighted by Crippen LogP contribution is -2.23. The van der Waals surface area contributed by atoms with E-state index in [9.17, 15) is 13.2 Å². The molecule has 0 saturated heterocycles. The average Bonchev–Trinajstić information content (AvgIpc) is 3.31. The summed E-state index contributed by atoms with van der Waals surface area (Å²) in [5.74, 6) is 1.11. The number of furan rings is 1. The summed E-state index contributed by atoms with van der Waals surface area (Å²) in [6.45, 7) is 0.585. The smallest absolute Gasteiger partial charge is 0.244 e. The number of carbonyl (C=O) groups is 1. The number of hydrogen-bond acceptors (Lipinski definition) is 5. The molecule has 162 valence electrons. The molecule has 0 unspecified atom stereocenters. The van der Waals surface area contributed by atoms with E-state index in [-0.39, 0.29) is 17.3 Å². The summed E-state index contributed by atoms with van der Waals surface area (Å²) >= 11 is 0. The number of hydrogen-bond donors (Lipinski definition) is 2. The molecule has 2 aromatic carbocycles. The minimum Gasteiger partial charge on any atom is -0.497 e. The molecule has 3 rings (SSSR count). The molecule has 2 N–H and O–H groups in total. The number of carbonyl (C=O) groups excluding carboxylic acids is 1. The molecule has 1 aromatic heterocycles. The summed E-state index contributed by atoms with van der Waals surface area (Å²) in [5.41, 5.74) is 1.82. The molecule has 31 heavy (non-hydrogen) atoms. The van der Waals surface area contributed by atoms with Crippen molar-refractivity contribution in [1.82, 2.24) is 10.0 Å². The van der Waals surface area contributed by atoms with Crippen LogP contribution in [0.25, 0.3) is 6.08 Å². The van der Waals surface area contributed by atoms with Gasteiger partial charge in [0.05, 0.1) is 24.8 Å². The van der Waals surface area contributed by atoms with Crippen LogP contribution in [0, 0.1) is 0 Å². The minimum atomic E-state index is -3.65. The van der Waals surface area contributed by atoms with E-state index in [1.807, 2.05) is 24.3 Å². The fraction of sp³-hybridized carbons (Fsp3) is 0.174. The largest absolute Gasteiger partial charge is 0.497 e. The Morgan fingerprint density at radius 2 is 1.81 bits per heavy atom. The number of ether oxygens (including phenoxy) is 1. The first kappa shape index (κ1) is 22.3. The van der Waals surface area contributed by atoms with Gasteiger partial charge in [-0.1, -0.05) is 24.3 Å². The molecule has 0 aliphatic carbocycles. The molecule has 0 radical (unpaired) electrons. The lowest BCUT2D eigenvalue weighted by Gasteiger charge is -2.06. The van der Waals surface area contributed by atoms with Crippen molar-refractivity contribution in [2.45, 2.75) is 17.9 Å². The maximum Gasteiger partial charge on any atom is 0.244 e. The molecule has 3 aromatic rings. The molecule has 1 heterocycles. The van der Waals surface area contributed by atoms with Crippen LogP contribution in [0.3, 0.4) is 0 Å². The van der Waals surface area contributed by atoms with Gasteiger partial charge in [-0.05, 0) is 60.0 Å². The van der Waals surface area contributed by atoms with Crippen molar-refractivity contribution in [3.8, 4) is 5.75 Å². The van der Waals surface area contributed by atoms with E-state index in [2.05, 4.69) is 10.0 Å². The number of rotatable bonds is 10. The first-order valence-corrected chi connectivity index (χ1v) is 11.2. The second-order valence-electron chi connectivity index (χ2n) is 6.70. The summed E-state index contributed by atoms with van der Waals surface area (Å²) in [6.07, 6.45) is 5.25. The van der Waals surface area contributed by atoms with Crippen LogP contribution in [-0.2, 0) is 27.8 Å². The van der Waals surface area contributed by atoms with Crippen LogP contribution in [0.5, 0.6) is 5.75 Å². The SMILES string of the molecule is COc1ccc(CCNC(=O)C=Cc2ccc(S(=O)(=O)NCc3ccco3)cc2)cc1. The molecule has 0 aliphatic heterocycles. The molecule has 0 atom stereocenters. The Morgan fingerprint density at radius 1 is 1.06 bits per heavy atom. The Hall–Kier alpha value is -3.36. The second-order valence-corrected chi connectivity index (χ2v) is 8.46. The predicted molar refractivity (Wildman–Crippen MR) is 118 cm³/mol. The third-order valence-corrected chi connectivity index (χ3v) is 5.92. The van der Waals surface area contributed by atoms with Gasteiger partial charge in [-0.3, -0.25) is 4.79 Å². The fourth-order valence-electron chi connectivity index (χ4n) is 2.77. The van der Waals surface area contributed by atoms with Crippen LogP contribution >= 0.6 is 0 Å².